The van der Waals surface area contributed by atoms with Crippen LogP contribution >= 0.6 is 0 Å². The van der Waals surface area contributed by atoms with Crippen molar-refractivity contribution in [2.24, 2.45) is 0 Å². The summed E-state index contributed by atoms with van der Waals surface area (Å²) in [5, 5.41) is 2.80. The predicted molar refractivity (Wildman–Crippen MR) is 113 cm³/mol. The lowest BCUT2D eigenvalue weighted by Gasteiger charge is -2.11. The summed E-state index contributed by atoms with van der Waals surface area (Å²) in [4.78, 5) is 16.3. The van der Waals surface area contributed by atoms with E-state index in [9.17, 15) is 13.2 Å². The molecule has 1 N–H and O–H groups in total. The first kappa shape index (κ1) is 20.5. The van der Waals surface area contributed by atoms with Gasteiger partial charge in [-0.1, -0.05) is 24.3 Å². The monoisotopic (exact) mass is 410 g/mol. The Labute approximate surface area is 170 Å². The fraction of sp³-hybridized carbons (Fsp3) is 0.143. The molecule has 150 valence electrons. The molecule has 8 heteroatoms. The molecule has 1 aromatic heterocycles. The molecule has 0 bridgehead atoms. The third kappa shape index (κ3) is 5.40. The zero-order valence-corrected chi connectivity index (χ0v) is 17.0. The third-order valence-electron chi connectivity index (χ3n) is 4.23. The average Bonchev–Trinajstić information content (AvgIpc) is 3.21. The number of hydrogen-bond acceptors (Lipinski definition) is 4. The molecule has 1 heterocycles. The molecule has 3 rings (SSSR count). The molecule has 0 spiro atoms. The summed E-state index contributed by atoms with van der Waals surface area (Å²) in [6.07, 6.45) is 8.42. The molecular weight excluding hydrogens is 388 g/mol. The lowest BCUT2D eigenvalue weighted by Crippen LogP contribution is -2.22. The zero-order chi connectivity index (χ0) is 20.9. The van der Waals surface area contributed by atoms with E-state index in [-0.39, 0.29) is 10.8 Å². The highest BCUT2D eigenvalue weighted by atomic mass is 32.2. The van der Waals surface area contributed by atoms with Gasteiger partial charge in [0.15, 0.2) is 0 Å². The second-order valence-corrected chi connectivity index (χ2v) is 8.76. The van der Waals surface area contributed by atoms with E-state index in [4.69, 9.17) is 0 Å². The van der Waals surface area contributed by atoms with Gasteiger partial charge in [-0.15, -0.1) is 0 Å². The van der Waals surface area contributed by atoms with Crippen LogP contribution in [0.2, 0.25) is 0 Å². The topological polar surface area (TPSA) is 84.3 Å². The number of nitrogens with zero attached hydrogens (tertiary/aromatic N) is 3. The summed E-state index contributed by atoms with van der Waals surface area (Å²) in [5.74, 6) is -0.266. The van der Waals surface area contributed by atoms with Crippen molar-refractivity contribution in [2.75, 3.05) is 19.4 Å². The van der Waals surface area contributed by atoms with Gasteiger partial charge in [0.1, 0.15) is 0 Å². The van der Waals surface area contributed by atoms with E-state index in [1.165, 1.54) is 32.3 Å². The van der Waals surface area contributed by atoms with Gasteiger partial charge in [-0.05, 0) is 41.5 Å². The molecule has 0 saturated heterocycles. The van der Waals surface area contributed by atoms with Crippen molar-refractivity contribution in [3.8, 4) is 0 Å². The maximum atomic E-state index is 12.1. The second kappa shape index (κ2) is 8.85. The number of rotatable bonds is 7. The van der Waals surface area contributed by atoms with Gasteiger partial charge in [0.05, 0.1) is 11.2 Å². The van der Waals surface area contributed by atoms with Crippen LogP contribution in [0.4, 0.5) is 5.69 Å². The molecule has 2 aromatic carbocycles. The smallest absolute Gasteiger partial charge is 0.248 e. The highest BCUT2D eigenvalue weighted by molar-refractivity contribution is 7.89. The predicted octanol–water partition coefficient (Wildman–Crippen LogP) is 2.83. The summed E-state index contributed by atoms with van der Waals surface area (Å²) < 4.78 is 27.3. The largest absolute Gasteiger partial charge is 0.333 e. The van der Waals surface area contributed by atoms with Crippen molar-refractivity contribution < 1.29 is 13.2 Å². The number of carbonyl (C=O) groups is 1. The van der Waals surface area contributed by atoms with E-state index in [0.29, 0.717) is 12.2 Å². The van der Waals surface area contributed by atoms with Crippen molar-refractivity contribution in [3.63, 3.8) is 0 Å². The first-order chi connectivity index (χ1) is 13.8. The van der Waals surface area contributed by atoms with Crippen LogP contribution in [0.15, 0.2) is 78.2 Å². The average molecular weight is 410 g/mol. The number of benzene rings is 2. The van der Waals surface area contributed by atoms with E-state index in [0.717, 1.165) is 15.4 Å². The molecule has 1 amide bonds. The van der Waals surface area contributed by atoms with Gasteiger partial charge >= 0.3 is 0 Å². The SMILES string of the molecule is CN(C)S(=O)(=O)c1ccc(/C=C/C(=O)Nc2ccc(Cn3ccnc3)cc2)cc1. The highest BCUT2D eigenvalue weighted by Gasteiger charge is 2.16. The van der Waals surface area contributed by atoms with Crippen molar-refractivity contribution in [1.29, 1.82) is 0 Å². The molecule has 7 nitrogen and oxygen atoms in total. The normalized spacial score (nSPS) is 11.8. The Balaban J connectivity index is 1.58. The van der Waals surface area contributed by atoms with E-state index >= 15 is 0 Å². The Morgan fingerprint density at radius 3 is 2.38 bits per heavy atom. The van der Waals surface area contributed by atoms with E-state index in [2.05, 4.69) is 10.3 Å². The van der Waals surface area contributed by atoms with Gasteiger partial charge < -0.3 is 9.88 Å². The zero-order valence-electron chi connectivity index (χ0n) is 16.2. The van der Waals surface area contributed by atoms with Gasteiger partial charge in [0.25, 0.3) is 0 Å². The number of aromatic nitrogens is 2. The van der Waals surface area contributed by atoms with Crippen LogP contribution in [0.1, 0.15) is 11.1 Å². The Morgan fingerprint density at radius 1 is 1.10 bits per heavy atom. The minimum atomic E-state index is -3.46. The summed E-state index contributed by atoms with van der Waals surface area (Å²) in [6, 6.07) is 13.9. The maximum absolute atomic E-state index is 12.1. The number of anilines is 1. The Morgan fingerprint density at radius 2 is 1.79 bits per heavy atom. The number of hydrogen-bond donors (Lipinski definition) is 1. The van der Waals surface area contributed by atoms with Crippen LogP contribution in [0.3, 0.4) is 0 Å². The number of sulfonamides is 1. The van der Waals surface area contributed by atoms with Crippen molar-refractivity contribution >= 4 is 27.7 Å². The van der Waals surface area contributed by atoms with Gasteiger partial charge in [-0.3, -0.25) is 4.79 Å². The van der Waals surface area contributed by atoms with Crippen molar-refractivity contribution in [1.82, 2.24) is 13.9 Å². The maximum Gasteiger partial charge on any atom is 0.248 e. The van der Waals surface area contributed by atoms with Gasteiger partial charge in [0.2, 0.25) is 15.9 Å². The first-order valence-corrected chi connectivity index (χ1v) is 10.3. The summed E-state index contributed by atoms with van der Waals surface area (Å²) in [5.41, 5.74) is 2.53. The van der Waals surface area contributed by atoms with Gasteiger partial charge in [0, 0.05) is 44.8 Å². The number of nitrogens with one attached hydrogen (secondary N) is 1. The van der Waals surface area contributed by atoms with Crippen LogP contribution < -0.4 is 5.32 Å². The molecule has 0 fully saturated rings. The van der Waals surface area contributed by atoms with Crippen LogP contribution in [-0.2, 0) is 21.4 Å². The fourth-order valence-corrected chi connectivity index (χ4v) is 3.50. The van der Waals surface area contributed by atoms with E-state index in [1.807, 2.05) is 35.0 Å². The third-order valence-corrected chi connectivity index (χ3v) is 6.06. The minimum absolute atomic E-state index is 0.208. The number of carbonyl (C=O) groups excluding carboxylic acids is 1. The molecule has 0 aliphatic heterocycles. The summed E-state index contributed by atoms with van der Waals surface area (Å²) >= 11 is 0. The summed E-state index contributed by atoms with van der Waals surface area (Å²) in [6.45, 7) is 0.716. The van der Waals surface area contributed by atoms with Crippen molar-refractivity contribution in [3.05, 3.63) is 84.5 Å². The first-order valence-electron chi connectivity index (χ1n) is 8.91. The van der Waals surface area contributed by atoms with Crippen molar-refractivity contribution in [2.45, 2.75) is 11.4 Å². The molecule has 3 aromatic rings. The molecule has 0 unspecified atom stereocenters. The quantitative estimate of drug-likeness (QED) is 0.607. The number of amides is 1. The minimum Gasteiger partial charge on any atom is -0.333 e. The molecule has 0 atom stereocenters. The lowest BCUT2D eigenvalue weighted by molar-refractivity contribution is -0.111. The Hall–Kier alpha value is -3.23. The Bertz CT molecular complexity index is 1090. The molecule has 0 radical (unpaired) electrons. The van der Waals surface area contributed by atoms with Gasteiger partial charge in [-0.2, -0.15) is 0 Å². The molecular formula is C21H22N4O3S. The summed E-state index contributed by atoms with van der Waals surface area (Å²) in [7, 11) is -0.493. The standard InChI is InChI=1S/C21H22N4O3S/c1-24(2)29(27,28)20-10-5-17(6-11-20)7-12-21(26)23-19-8-3-18(4-9-19)15-25-14-13-22-16-25/h3-14,16H,15H2,1-2H3,(H,23,26)/b12-7+. The molecule has 29 heavy (non-hydrogen) atoms. The molecule has 0 aliphatic carbocycles. The number of imidazole rings is 1. The lowest BCUT2D eigenvalue weighted by atomic mass is 10.2. The van der Waals surface area contributed by atoms with Gasteiger partial charge in [-0.25, -0.2) is 17.7 Å². The molecule has 0 saturated carbocycles. The van der Waals surface area contributed by atoms with Crippen LogP contribution in [0.25, 0.3) is 6.08 Å². The molecule has 0 aliphatic rings. The fourth-order valence-electron chi connectivity index (χ4n) is 2.60. The van der Waals surface area contributed by atoms with E-state index < -0.39 is 10.0 Å². The van der Waals surface area contributed by atoms with Crippen LogP contribution in [0.5, 0.6) is 0 Å². The Kier molecular flexibility index (Phi) is 6.26. The van der Waals surface area contributed by atoms with Crippen LogP contribution in [-0.4, -0.2) is 42.3 Å². The highest BCUT2D eigenvalue weighted by Crippen LogP contribution is 2.15. The van der Waals surface area contributed by atoms with Crippen LogP contribution in [0, 0.1) is 0 Å². The second-order valence-electron chi connectivity index (χ2n) is 6.61. The van der Waals surface area contributed by atoms with E-state index in [1.54, 1.807) is 30.7 Å².